The van der Waals surface area contributed by atoms with Gasteiger partial charge < -0.3 is 24.8 Å². The number of hydrogen-bond donors (Lipinski definition) is 2. The van der Waals surface area contributed by atoms with Crippen LogP contribution in [0.5, 0.6) is 5.75 Å². The van der Waals surface area contributed by atoms with E-state index in [1.807, 2.05) is 16.7 Å². The summed E-state index contributed by atoms with van der Waals surface area (Å²) in [7, 11) is 0. The predicted octanol–water partition coefficient (Wildman–Crippen LogP) is 3.41. The summed E-state index contributed by atoms with van der Waals surface area (Å²) in [6.45, 7) is 6.88. The molecule has 1 aliphatic carbocycles. The number of amides is 2. The van der Waals surface area contributed by atoms with E-state index in [2.05, 4.69) is 24.1 Å². The number of phenolic OH excluding ortho intramolecular Hbond substituents is 1. The second-order valence-corrected chi connectivity index (χ2v) is 10.0. The number of hydrogen-bond acceptors (Lipinski definition) is 5. The highest BCUT2D eigenvalue weighted by molar-refractivity contribution is 5.99. The molecule has 8 heteroatoms. The van der Waals surface area contributed by atoms with Gasteiger partial charge in [-0.2, -0.15) is 0 Å². The lowest BCUT2D eigenvalue weighted by atomic mass is 10.1. The second-order valence-electron chi connectivity index (χ2n) is 10.0. The molecule has 188 valence electrons. The van der Waals surface area contributed by atoms with Gasteiger partial charge in [0.1, 0.15) is 16.9 Å². The largest absolute Gasteiger partial charge is 0.508 e. The molecule has 0 radical (unpaired) electrons. The summed E-state index contributed by atoms with van der Waals surface area (Å²) in [4.78, 5) is 43.6. The fraction of sp³-hybridized carbons (Fsp3) is 0.519. The first-order chi connectivity index (χ1) is 16.8. The summed E-state index contributed by atoms with van der Waals surface area (Å²) in [5.41, 5.74) is 0.617. The van der Waals surface area contributed by atoms with Gasteiger partial charge in [0.15, 0.2) is 0 Å². The number of nitrogens with zero attached hydrogens (tertiary/aromatic N) is 3. The topological polar surface area (TPSA) is 94.9 Å². The second kappa shape index (κ2) is 11.0. The molecule has 2 N–H and O–H groups in total. The Hall–Kier alpha value is -3.29. The Bertz CT molecular complexity index is 1100. The SMILES string of the molecule is CC(C)CCNC(=O)c1cn(C2CCCC2)cc(C(=O)N2CCN(c3ccc(O)cc3)CC2)c1=O. The maximum atomic E-state index is 13.5. The minimum atomic E-state index is -0.493. The zero-order valence-electron chi connectivity index (χ0n) is 20.7. The first-order valence-electron chi connectivity index (χ1n) is 12.7. The standard InChI is InChI=1S/C27H36N4O4/c1-19(2)11-12-28-26(34)23-17-31(20-5-3-4-6-20)18-24(25(23)33)27(35)30-15-13-29(14-16-30)21-7-9-22(32)10-8-21/h7-10,17-20,32H,3-6,11-16H2,1-2H3,(H,28,34). The number of anilines is 1. The summed E-state index contributed by atoms with van der Waals surface area (Å²) in [5.74, 6) is -0.0639. The third-order valence-electron chi connectivity index (χ3n) is 7.06. The van der Waals surface area contributed by atoms with Crippen LogP contribution in [-0.2, 0) is 0 Å². The molecule has 0 unspecified atom stereocenters. The van der Waals surface area contributed by atoms with Crippen molar-refractivity contribution in [2.45, 2.75) is 52.0 Å². The number of aromatic hydroxyl groups is 1. The van der Waals surface area contributed by atoms with Crippen molar-refractivity contribution in [3.8, 4) is 5.75 Å². The number of phenols is 1. The Balaban J connectivity index is 1.54. The maximum Gasteiger partial charge on any atom is 0.259 e. The Morgan fingerprint density at radius 2 is 1.63 bits per heavy atom. The van der Waals surface area contributed by atoms with Crippen molar-refractivity contribution in [3.05, 3.63) is 58.0 Å². The van der Waals surface area contributed by atoms with E-state index in [1.54, 1.807) is 29.4 Å². The van der Waals surface area contributed by atoms with E-state index in [1.165, 1.54) is 0 Å². The Morgan fingerprint density at radius 1 is 1.00 bits per heavy atom. The summed E-state index contributed by atoms with van der Waals surface area (Å²) < 4.78 is 1.92. The molecule has 2 heterocycles. The van der Waals surface area contributed by atoms with Gasteiger partial charge >= 0.3 is 0 Å². The van der Waals surface area contributed by atoms with Crippen LogP contribution in [0.25, 0.3) is 0 Å². The lowest BCUT2D eigenvalue weighted by Gasteiger charge is -2.36. The molecule has 0 bridgehead atoms. The Morgan fingerprint density at radius 3 is 2.26 bits per heavy atom. The Kier molecular flexibility index (Phi) is 7.78. The minimum absolute atomic E-state index is 0.0502. The molecule has 1 aromatic carbocycles. The number of piperazine rings is 1. The summed E-state index contributed by atoms with van der Waals surface area (Å²) in [6.07, 6.45) is 8.31. The minimum Gasteiger partial charge on any atom is -0.508 e. The number of rotatable bonds is 7. The first kappa shape index (κ1) is 24.8. The number of carbonyl (C=O) groups is 2. The molecule has 35 heavy (non-hydrogen) atoms. The van der Waals surface area contributed by atoms with E-state index in [0.29, 0.717) is 38.6 Å². The van der Waals surface area contributed by atoms with E-state index in [9.17, 15) is 19.5 Å². The third kappa shape index (κ3) is 5.86. The van der Waals surface area contributed by atoms with Gasteiger partial charge in [0.2, 0.25) is 5.43 Å². The van der Waals surface area contributed by atoms with Crippen LogP contribution in [0.4, 0.5) is 5.69 Å². The van der Waals surface area contributed by atoms with Crippen molar-refractivity contribution >= 4 is 17.5 Å². The molecule has 2 aliphatic rings. The molecule has 2 amide bonds. The highest BCUT2D eigenvalue weighted by Crippen LogP contribution is 2.29. The number of pyridine rings is 1. The van der Waals surface area contributed by atoms with Crippen molar-refractivity contribution < 1.29 is 14.7 Å². The van der Waals surface area contributed by atoms with E-state index < -0.39 is 11.3 Å². The van der Waals surface area contributed by atoms with Crippen molar-refractivity contribution in [1.82, 2.24) is 14.8 Å². The monoisotopic (exact) mass is 480 g/mol. The quantitative estimate of drug-likeness (QED) is 0.633. The van der Waals surface area contributed by atoms with Crippen LogP contribution in [-0.4, -0.2) is 59.1 Å². The average Bonchev–Trinajstić information content (AvgIpc) is 3.39. The molecule has 0 spiro atoms. The molecule has 1 aromatic heterocycles. The number of aromatic nitrogens is 1. The molecule has 0 atom stereocenters. The summed E-state index contributed by atoms with van der Waals surface area (Å²) in [5, 5.41) is 12.4. The maximum absolute atomic E-state index is 13.5. The van der Waals surface area contributed by atoms with Crippen molar-refractivity contribution in [1.29, 1.82) is 0 Å². The first-order valence-corrected chi connectivity index (χ1v) is 12.7. The highest BCUT2D eigenvalue weighted by Gasteiger charge is 2.28. The molecule has 4 rings (SSSR count). The van der Waals surface area contributed by atoms with Gasteiger partial charge in [0.05, 0.1) is 0 Å². The van der Waals surface area contributed by atoms with Crippen molar-refractivity contribution in [3.63, 3.8) is 0 Å². The van der Waals surface area contributed by atoms with Crippen LogP contribution in [0.1, 0.15) is 72.7 Å². The molecule has 1 aliphatic heterocycles. The van der Waals surface area contributed by atoms with Gasteiger partial charge in [-0.05, 0) is 49.4 Å². The molecule has 1 saturated carbocycles. The van der Waals surface area contributed by atoms with E-state index in [0.717, 1.165) is 37.8 Å². The smallest absolute Gasteiger partial charge is 0.259 e. The predicted molar refractivity (Wildman–Crippen MR) is 136 cm³/mol. The van der Waals surface area contributed by atoms with Gasteiger partial charge in [-0.15, -0.1) is 0 Å². The van der Waals surface area contributed by atoms with E-state index in [4.69, 9.17) is 0 Å². The lowest BCUT2D eigenvalue weighted by molar-refractivity contribution is 0.0744. The van der Waals surface area contributed by atoms with Crippen LogP contribution < -0.4 is 15.6 Å². The summed E-state index contributed by atoms with van der Waals surface area (Å²) in [6, 6.07) is 7.21. The fourth-order valence-electron chi connectivity index (χ4n) is 4.90. The van der Waals surface area contributed by atoms with Crippen LogP contribution in [0, 0.1) is 5.92 Å². The molecule has 2 fully saturated rings. The van der Waals surface area contributed by atoms with E-state index >= 15 is 0 Å². The number of nitrogens with one attached hydrogen (secondary N) is 1. The van der Waals surface area contributed by atoms with Crippen LogP contribution >= 0.6 is 0 Å². The van der Waals surface area contributed by atoms with Crippen LogP contribution in [0.3, 0.4) is 0 Å². The van der Waals surface area contributed by atoms with Gasteiger partial charge in [-0.3, -0.25) is 14.4 Å². The van der Waals surface area contributed by atoms with Crippen LogP contribution in [0.15, 0.2) is 41.5 Å². The average molecular weight is 481 g/mol. The van der Waals surface area contributed by atoms with Gasteiger partial charge in [-0.1, -0.05) is 26.7 Å². The highest BCUT2D eigenvalue weighted by atomic mass is 16.3. The normalized spacial score (nSPS) is 16.7. The third-order valence-corrected chi connectivity index (χ3v) is 7.06. The van der Waals surface area contributed by atoms with Crippen molar-refractivity contribution in [2.75, 3.05) is 37.6 Å². The zero-order valence-corrected chi connectivity index (χ0v) is 20.7. The Labute approximate surface area is 206 Å². The fourth-order valence-corrected chi connectivity index (χ4v) is 4.90. The molecule has 2 aromatic rings. The molecule has 8 nitrogen and oxygen atoms in total. The van der Waals surface area contributed by atoms with E-state index in [-0.39, 0.29) is 28.8 Å². The number of benzene rings is 1. The zero-order chi connectivity index (χ0) is 24.9. The van der Waals surface area contributed by atoms with Crippen LogP contribution in [0.2, 0.25) is 0 Å². The summed E-state index contributed by atoms with van der Waals surface area (Å²) >= 11 is 0. The van der Waals surface area contributed by atoms with Gasteiger partial charge in [0.25, 0.3) is 11.8 Å². The molecular formula is C27H36N4O4. The van der Waals surface area contributed by atoms with Gasteiger partial charge in [0, 0.05) is 56.8 Å². The van der Waals surface area contributed by atoms with Crippen molar-refractivity contribution in [2.24, 2.45) is 5.92 Å². The number of carbonyl (C=O) groups excluding carboxylic acids is 2. The molecular weight excluding hydrogens is 444 g/mol. The molecule has 1 saturated heterocycles. The lowest BCUT2D eigenvalue weighted by Crippen LogP contribution is -2.50. The van der Waals surface area contributed by atoms with Gasteiger partial charge in [-0.25, -0.2) is 0 Å².